The van der Waals surface area contributed by atoms with Gasteiger partial charge in [0.05, 0.1) is 11.0 Å². The molecule has 0 aliphatic rings. The third kappa shape index (κ3) is 2.17. The molecule has 1 N–H and O–H groups in total. The molecule has 0 saturated carbocycles. The van der Waals surface area contributed by atoms with Gasteiger partial charge in [-0.3, -0.25) is 0 Å². The standard InChI is InChI=1S/C15H13ClN2O/c1-18-13-7-6-11(16)9-12(13)17-15(18)8-10-4-2-3-5-14(10)19/h2-7,9,19H,8H2,1H3. The monoisotopic (exact) mass is 272 g/mol. The quantitative estimate of drug-likeness (QED) is 0.775. The zero-order valence-electron chi connectivity index (χ0n) is 10.5. The Labute approximate surface area is 116 Å². The van der Waals surface area contributed by atoms with Crippen molar-refractivity contribution in [1.29, 1.82) is 0 Å². The number of fused-ring (bicyclic) bond motifs is 1. The first-order valence-electron chi connectivity index (χ1n) is 6.03. The molecule has 0 spiro atoms. The van der Waals surface area contributed by atoms with Crippen LogP contribution in [0.1, 0.15) is 11.4 Å². The number of rotatable bonds is 2. The predicted molar refractivity (Wildman–Crippen MR) is 76.6 cm³/mol. The van der Waals surface area contributed by atoms with Crippen LogP contribution in [-0.4, -0.2) is 14.7 Å². The highest BCUT2D eigenvalue weighted by molar-refractivity contribution is 6.31. The van der Waals surface area contributed by atoms with Crippen LogP contribution >= 0.6 is 11.6 Å². The molecule has 0 saturated heterocycles. The minimum atomic E-state index is 0.299. The number of nitrogens with zero attached hydrogens (tertiary/aromatic N) is 2. The van der Waals surface area contributed by atoms with E-state index in [9.17, 15) is 5.11 Å². The fourth-order valence-corrected chi connectivity index (χ4v) is 2.38. The molecule has 3 nitrogen and oxygen atoms in total. The summed E-state index contributed by atoms with van der Waals surface area (Å²) >= 11 is 5.98. The third-order valence-electron chi connectivity index (χ3n) is 3.28. The van der Waals surface area contributed by atoms with Gasteiger partial charge in [0.15, 0.2) is 0 Å². The molecule has 0 bridgehead atoms. The maximum Gasteiger partial charge on any atom is 0.119 e. The lowest BCUT2D eigenvalue weighted by Gasteiger charge is -2.04. The molecule has 2 aromatic carbocycles. The van der Waals surface area contributed by atoms with Crippen LogP contribution in [0.3, 0.4) is 0 Å². The Hall–Kier alpha value is -2.00. The van der Waals surface area contributed by atoms with Crippen LogP contribution in [0.25, 0.3) is 11.0 Å². The van der Waals surface area contributed by atoms with Crippen LogP contribution in [0.2, 0.25) is 5.02 Å². The van der Waals surface area contributed by atoms with Gasteiger partial charge < -0.3 is 9.67 Å². The minimum absolute atomic E-state index is 0.299. The zero-order chi connectivity index (χ0) is 13.4. The van der Waals surface area contributed by atoms with E-state index in [-0.39, 0.29) is 0 Å². The van der Waals surface area contributed by atoms with E-state index in [1.54, 1.807) is 6.07 Å². The molecule has 96 valence electrons. The van der Waals surface area contributed by atoms with Crippen molar-refractivity contribution in [3.8, 4) is 5.75 Å². The fraction of sp³-hybridized carbons (Fsp3) is 0.133. The Kier molecular flexibility index (Phi) is 2.91. The second kappa shape index (κ2) is 4.59. The Morgan fingerprint density at radius 1 is 1.21 bits per heavy atom. The van der Waals surface area contributed by atoms with Gasteiger partial charge in [0, 0.05) is 24.1 Å². The number of aromatic hydroxyl groups is 1. The topological polar surface area (TPSA) is 38.0 Å². The van der Waals surface area contributed by atoms with E-state index >= 15 is 0 Å². The van der Waals surface area contributed by atoms with Gasteiger partial charge in [-0.15, -0.1) is 0 Å². The van der Waals surface area contributed by atoms with Gasteiger partial charge in [0.1, 0.15) is 11.6 Å². The van der Waals surface area contributed by atoms with Crippen molar-refractivity contribution in [3.05, 3.63) is 58.9 Å². The normalized spacial score (nSPS) is 11.1. The van der Waals surface area contributed by atoms with Crippen molar-refractivity contribution in [1.82, 2.24) is 9.55 Å². The summed E-state index contributed by atoms with van der Waals surface area (Å²) in [6.45, 7) is 0. The molecular weight excluding hydrogens is 260 g/mol. The van der Waals surface area contributed by atoms with Crippen LogP contribution in [0.15, 0.2) is 42.5 Å². The number of imidazole rings is 1. The summed E-state index contributed by atoms with van der Waals surface area (Å²) < 4.78 is 2.03. The number of aryl methyl sites for hydroxylation is 1. The largest absolute Gasteiger partial charge is 0.508 e. The molecule has 0 fully saturated rings. The molecule has 0 unspecified atom stereocenters. The average Bonchev–Trinajstić information content (AvgIpc) is 2.68. The summed E-state index contributed by atoms with van der Waals surface area (Å²) in [7, 11) is 1.97. The van der Waals surface area contributed by atoms with Crippen molar-refractivity contribution >= 4 is 22.6 Å². The number of hydrogen-bond donors (Lipinski definition) is 1. The smallest absolute Gasteiger partial charge is 0.119 e. The maximum absolute atomic E-state index is 9.82. The molecule has 0 radical (unpaired) electrons. The van der Waals surface area contributed by atoms with Gasteiger partial charge in [-0.2, -0.15) is 0 Å². The first kappa shape index (κ1) is 12.1. The highest BCUT2D eigenvalue weighted by Crippen LogP contribution is 2.23. The lowest BCUT2D eigenvalue weighted by atomic mass is 10.1. The summed E-state index contributed by atoms with van der Waals surface area (Å²) in [5, 5.41) is 10.5. The number of benzene rings is 2. The second-order valence-electron chi connectivity index (χ2n) is 4.53. The van der Waals surface area contributed by atoms with Gasteiger partial charge in [-0.05, 0) is 24.3 Å². The van der Waals surface area contributed by atoms with Gasteiger partial charge in [-0.25, -0.2) is 4.98 Å². The Balaban J connectivity index is 2.06. The highest BCUT2D eigenvalue weighted by atomic mass is 35.5. The second-order valence-corrected chi connectivity index (χ2v) is 4.96. The molecule has 0 aliphatic carbocycles. The predicted octanol–water partition coefficient (Wildman–Crippen LogP) is 3.52. The van der Waals surface area contributed by atoms with E-state index in [2.05, 4.69) is 4.98 Å². The van der Waals surface area contributed by atoms with Crippen LogP contribution in [-0.2, 0) is 13.5 Å². The molecule has 3 rings (SSSR count). The van der Waals surface area contributed by atoms with E-state index in [1.165, 1.54) is 0 Å². The molecule has 4 heteroatoms. The summed E-state index contributed by atoms with van der Waals surface area (Å²) in [6.07, 6.45) is 0.593. The number of phenolic OH excluding ortho intramolecular Hbond substituents is 1. The molecule has 0 atom stereocenters. The fourth-order valence-electron chi connectivity index (χ4n) is 2.21. The first-order chi connectivity index (χ1) is 9.15. The SMILES string of the molecule is Cn1c(Cc2ccccc2O)nc2cc(Cl)ccc21. The minimum Gasteiger partial charge on any atom is -0.508 e. The summed E-state index contributed by atoms with van der Waals surface area (Å²) in [4.78, 5) is 4.58. The average molecular weight is 273 g/mol. The lowest BCUT2D eigenvalue weighted by Crippen LogP contribution is -1.99. The van der Waals surface area contributed by atoms with Crippen molar-refractivity contribution in [2.24, 2.45) is 7.05 Å². The van der Waals surface area contributed by atoms with Gasteiger partial charge in [0.25, 0.3) is 0 Å². The Morgan fingerprint density at radius 2 is 2.00 bits per heavy atom. The molecule has 0 aliphatic heterocycles. The number of phenols is 1. The maximum atomic E-state index is 9.82. The Morgan fingerprint density at radius 3 is 2.79 bits per heavy atom. The van der Waals surface area contributed by atoms with Crippen LogP contribution in [0.5, 0.6) is 5.75 Å². The van der Waals surface area contributed by atoms with Gasteiger partial charge in [-0.1, -0.05) is 29.8 Å². The van der Waals surface area contributed by atoms with Crippen molar-refractivity contribution < 1.29 is 5.11 Å². The number of hydrogen-bond acceptors (Lipinski definition) is 2. The molecular formula is C15H13ClN2O. The highest BCUT2D eigenvalue weighted by Gasteiger charge is 2.10. The third-order valence-corrected chi connectivity index (χ3v) is 3.51. The number of para-hydroxylation sites is 1. The van der Waals surface area contributed by atoms with Crippen molar-refractivity contribution in [2.75, 3.05) is 0 Å². The van der Waals surface area contributed by atoms with Crippen LogP contribution < -0.4 is 0 Å². The molecule has 3 aromatic rings. The number of halogens is 1. The Bertz CT molecular complexity index is 749. The van der Waals surface area contributed by atoms with Gasteiger partial charge >= 0.3 is 0 Å². The first-order valence-corrected chi connectivity index (χ1v) is 6.40. The zero-order valence-corrected chi connectivity index (χ0v) is 11.2. The van der Waals surface area contributed by atoms with Crippen molar-refractivity contribution in [3.63, 3.8) is 0 Å². The van der Waals surface area contributed by atoms with Gasteiger partial charge in [0.2, 0.25) is 0 Å². The van der Waals surface area contributed by atoms with Crippen LogP contribution in [0, 0.1) is 0 Å². The number of aromatic nitrogens is 2. The summed E-state index contributed by atoms with van der Waals surface area (Å²) in [5.41, 5.74) is 2.78. The van der Waals surface area contributed by atoms with Crippen molar-refractivity contribution in [2.45, 2.75) is 6.42 Å². The van der Waals surface area contributed by atoms with E-state index in [0.29, 0.717) is 17.2 Å². The molecule has 19 heavy (non-hydrogen) atoms. The van der Waals surface area contributed by atoms with E-state index in [1.807, 2.05) is 48.0 Å². The van der Waals surface area contributed by atoms with E-state index in [4.69, 9.17) is 11.6 Å². The van der Waals surface area contributed by atoms with E-state index in [0.717, 1.165) is 22.4 Å². The molecule has 0 amide bonds. The summed E-state index contributed by atoms with van der Waals surface area (Å²) in [6, 6.07) is 13.0. The molecule has 1 aromatic heterocycles. The summed E-state index contributed by atoms with van der Waals surface area (Å²) in [5.74, 6) is 1.20. The lowest BCUT2D eigenvalue weighted by molar-refractivity contribution is 0.469. The molecule has 1 heterocycles. The van der Waals surface area contributed by atoms with E-state index < -0.39 is 0 Å². The van der Waals surface area contributed by atoms with Crippen LogP contribution in [0.4, 0.5) is 0 Å².